The fourth-order valence-electron chi connectivity index (χ4n) is 9.76. The third kappa shape index (κ3) is 66.2. The number of phosphoric ester groups is 1. The van der Waals surface area contributed by atoms with Crippen LogP contribution in [-0.2, 0) is 32.7 Å². The maximum Gasteiger partial charge on any atom is 0.472 e. The zero-order valence-electron chi connectivity index (χ0n) is 52.8. The first-order valence-corrected chi connectivity index (χ1v) is 35.6. The summed E-state index contributed by atoms with van der Waals surface area (Å²) in [7, 11) is -4.40. The Bertz CT molecular complexity index is 1600. The molecule has 2 atom stereocenters. The number of phosphoric acid groups is 1. The topological polar surface area (TPSA) is 134 Å². The van der Waals surface area contributed by atoms with Crippen molar-refractivity contribution in [3.63, 3.8) is 0 Å². The van der Waals surface area contributed by atoms with Gasteiger partial charge in [-0.2, -0.15) is 0 Å². The molecular weight excluding hydrogens is 1030 g/mol. The fourth-order valence-corrected chi connectivity index (χ4v) is 10.5. The van der Waals surface area contributed by atoms with Crippen molar-refractivity contribution in [2.45, 2.75) is 328 Å². The van der Waals surface area contributed by atoms with E-state index in [1.54, 1.807) is 0 Å². The molecule has 0 aromatic heterocycles. The fraction of sp³-hybridized carbons (Fsp3) is 0.775. The second-order valence-electron chi connectivity index (χ2n) is 22.7. The van der Waals surface area contributed by atoms with Crippen molar-refractivity contribution in [2.24, 2.45) is 5.73 Å². The zero-order chi connectivity index (χ0) is 58.7. The molecule has 10 heteroatoms. The van der Waals surface area contributed by atoms with Gasteiger partial charge in [-0.05, 0) is 89.9 Å². The Morgan fingerprint density at radius 2 is 0.679 bits per heavy atom. The molecule has 0 aliphatic carbocycles. The number of carbonyl (C=O) groups excluding carboxylic acids is 2. The number of carbonyl (C=O) groups is 2. The largest absolute Gasteiger partial charge is 0.472 e. The maximum atomic E-state index is 12.7. The van der Waals surface area contributed by atoms with Gasteiger partial charge in [-0.25, -0.2) is 4.57 Å². The predicted octanol–water partition coefficient (Wildman–Crippen LogP) is 22.2. The molecular formula is C71H128NO8P. The molecule has 0 bridgehead atoms. The quantitative estimate of drug-likeness (QED) is 0.0264. The van der Waals surface area contributed by atoms with Crippen molar-refractivity contribution in [2.75, 3.05) is 26.4 Å². The van der Waals surface area contributed by atoms with Gasteiger partial charge in [0.15, 0.2) is 6.10 Å². The lowest BCUT2D eigenvalue weighted by Crippen LogP contribution is -2.29. The van der Waals surface area contributed by atoms with Crippen LogP contribution in [0.1, 0.15) is 322 Å². The van der Waals surface area contributed by atoms with Gasteiger partial charge in [-0.15, -0.1) is 0 Å². The first kappa shape index (κ1) is 78.2. The van der Waals surface area contributed by atoms with Gasteiger partial charge in [0.05, 0.1) is 13.2 Å². The monoisotopic (exact) mass is 1150 g/mol. The standard InChI is InChI=1S/C71H128NO8P/c1-3-5-7-9-11-13-15-17-19-21-23-24-25-26-27-28-29-30-31-32-33-34-35-36-37-38-39-40-41-42-43-44-46-47-49-51-53-55-57-59-61-63-70(73)77-67-69(68-79-81(75,76)78-66-65-72)80-71(74)64-62-60-58-56-54-52-50-48-45-22-20-18-16-14-12-10-8-6-4-2/h6,8,12,14-15,17-18,20-21,23,25-26,45,48,69H,3-5,7,9-11,13,16,19,22,24,27-44,46-47,49-68,72H2,1-2H3,(H,75,76)/b8-6-,14-12-,17-15-,20-18-,23-21-,26-25-,48-45-. The minimum Gasteiger partial charge on any atom is -0.462 e. The van der Waals surface area contributed by atoms with Crippen LogP contribution < -0.4 is 5.73 Å². The molecule has 0 spiro atoms. The number of nitrogens with two attached hydrogens (primary N) is 1. The second kappa shape index (κ2) is 66.3. The Hall–Kier alpha value is -2.81. The lowest BCUT2D eigenvalue weighted by atomic mass is 10.0. The molecule has 0 saturated heterocycles. The maximum absolute atomic E-state index is 12.7. The Balaban J connectivity index is 3.77. The molecule has 0 aromatic rings. The van der Waals surface area contributed by atoms with E-state index < -0.39 is 26.5 Å². The SMILES string of the molecule is CC/C=C\C/C=C\C/C=C\C/C=C\CCCCCCCCC(=O)OC(COC(=O)CCCCCCCCCCCCCCCCCCCCCCCCCCCC/C=C\C/C=C\C/C=C\CCCCCCC)COP(=O)(O)OCCN. The van der Waals surface area contributed by atoms with Crippen molar-refractivity contribution in [3.05, 3.63) is 85.1 Å². The van der Waals surface area contributed by atoms with E-state index in [0.29, 0.717) is 6.42 Å². The summed E-state index contributed by atoms with van der Waals surface area (Å²) >= 11 is 0. The smallest absolute Gasteiger partial charge is 0.462 e. The van der Waals surface area contributed by atoms with Crippen LogP contribution in [-0.4, -0.2) is 49.3 Å². The van der Waals surface area contributed by atoms with Crippen LogP contribution in [0.2, 0.25) is 0 Å². The van der Waals surface area contributed by atoms with Crippen molar-refractivity contribution < 1.29 is 37.6 Å². The van der Waals surface area contributed by atoms with Crippen LogP contribution in [0, 0.1) is 0 Å². The Morgan fingerprint density at radius 1 is 0.383 bits per heavy atom. The van der Waals surface area contributed by atoms with E-state index in [9.17, 15) is 19.0 Å². The first-order valence-electron chi connectivity index (χ1n) is 34.1. The molecule has 0 aliphatic heterocycles. The summed E-state index contributed by atoms with van der Waals surface area (Å²) in [6.45, 7) is 3.63. The third-order valence-electron chi connectivity index (χ3n) is 14.8. The minimum atomic E-state index is -4.40. The van der Waals surface area contributed by atoms with E-state index in [2.05, 4.69) is 98.9 Å². The summed E-state index contributed by atoms with van der Waals surface area (Å²) in [4.78, 5) is 35.2. The van der Waals surface area contributed by atoms with Crippen molar-refractivity contribution in [3.8, 4) is 0 Å². The van der Waals surface area contributed by atoms with Crippen molar-refractivity contribution in [1.82, 2.24) is 0 Å². The predicted molar refractivity (Wildman–Crippen MR) is 349 cm³/mol. The van der Waals surface area contributed by atoms with Gasteiger partial charge >= 0.3 is 19.8 Å². The number of esters is 2. The normalized spacial score (nSPS) is 13.5. The number of hydrogen-bond acceptors (Lipinski definition) is 8. The molecule has 0 amide bonds. The van der Waals surface area contributed by atoms with Gasteiger partial charge in [0.2, 0.25) is 0 Å². The molecule has 0 fully saturated rings. The van der Waals surface area contributed by atoms with Crippen LogP contribution >= 0.6 is 7.82 Å². The van der Waals surface area contributed by atoms with Crippen molar-refractivity contribution in [1.29, 1.82) is 0 Å². The average molecular weight is 1150 g/mol. The van der Waals surface area contributed by atoms with Crippen LogP contribution in [0.25, 0.3) is 0 Å². The first-order chi connectivity index (χ1) is 39.8. The highest BCUT2D eigenvalue weighted by atomic mass is 31.2. The summed E-state index contributed by atoms with van der Waals surface area (Å²) in [5.74, 6) is -0.835. The molecule has 0 saturated carbocycles. The zero-order valence-corrected chi connectivity index (χ0v) is 53.7. The number of hydrogen-bond donors (Lipinski definition) is 2. The molecule has 0 aliphatic rings. The van der Waals surface area contributed by atoms with Crippen LogP contribution in [0.3, 0.4) is 0 Å². The van der Waals surface area contributed by atoms with E-state index in [1.165, 1.54) is 193 Å². The van der Waals surface area contributed by atoms with Gasteiger partial charge in [0, 0.05) is 19.4 Å². The molecule has 470 valence electrons. The molecule has 81 heavy (non-hydrogen) atoms. The lowest BCUT2D eigenvalue weighted by molar-refractivity contribution is -0.161. The van der Waals surface area contributed by atoms with E-state index in [0.717, 1.165) is 96.3 Å². The van der Waals surface area contributed by atoms with Gasteiger partial charge in [-0.1, -0.05) is 304 Å². The summed E-state index contributed by atoms with van der Waals surface area (Å²) in [6.07, 6.45) is 88.4. The molecule has 0 rings (SSSR count). The van der Waals surface area contributed by atoms with Gasteiger partial charge in [0.25, 0.3) is 0 Å². The van der Waals surface area contributed by atoms with Crippen molar-refractivity contribution >= 4 is 19.8 Å². The molecule has 0 radical (unpaired) electrons. The van der Waals surface area contributed by atoms with Gasteiger partial charge < -0.3 is 20.1 Å². The van der Waals surface area contributed by atoms with Gasteiger partial charge in [0.1, 0.15) is 6.61 Å². The summed E-state index contributed by atoms with van der Waals surface area (Å²) in [5, 5.41) is 0. The molecule has 9 nitrogen and oxygen atoms in total. The lowest BCUT2D eigenvalue weighted by Gasteiger charge is -2.19. The average Bonchev–Trinajstić information content (AvgIpc) is 3.46. The Morgan fingerprint density at radius 3 is 1.01 bits per heavy atom. The second-order valence-corrected chi connectivity index (χ2v) is 24.1. The Kier molecular flexibility index (Phi) is 64.0. The highest BCUT2D eigenvalue weighted by molar-refractivity contribution is 7.47. The van der Waals surface area contributed by atoms with Crippen LogP contribution in [0.5, 0.6) is 0 Å². The van der Waals surface area contributed by atoms with E-state index in [-0.39, 0.29) is 38.6 Å². The number of unbranched alkanes of at least 4 members (excludes halogenated alkanes) is 37. The number of allylic oxidation sites excluding steroid dienone is 14. The number of rotatable bonds is 64. The summed E-state index contributed by atoms with van der Waals surface area (Å²) < 4.78 is 33.1. The van der Waals surface area contributed by atoms with E-state index >= 15 is 0 Å². The molecule has 2 unspecified atom stereocenters. The minimum absolute atomic E-state index is 0.0490. The molecule has 0 aromatic carbocycles. The third-order valence-corrected chi connectivity index (χ3v) is 15.7. The Labute approximate surface area is 500 Å². The highest BCUT2D eigenvalue weighted by Gasteiger charge is 2.26. The summed E-state index contributed by atoms with van der Waals surface area (Å²) in [5.41, 5.74) is 5.39. The molecule has 0 heterocycles. The van der Waals surface area contributed by atoms with E-state index in [4.69, 9.17) is 24.3 Å². The summed E-state index contributed by atoms with van der Waals surface area (Å²) in [6, 6.07) is 0. The van der Waals surface area contributed by atoms with Crippen LogP contribution in [0.4, 0.5) is 0 Å². The van der Waals surface area contributed by atoms with E-state index in [1.807, 2.05) is 0 Å². The van der Waals surface area contributed by atoms with Crippen LogP contribution in [0.15, 0.2) is 85.1 Å². The van der Waals surface area contributed by atoms with Gasteiger partial charge in [-0.3, -0.25) is 18.6 Å². The highest BCUT2D eigenvalue weighted by Crippen LogP contribution is 2.43. The number of ether oxygens (including phenoxy) is 2. The molecule has 3 N–H and O–H groups in total.